The van der Waals surface area contributed by atoms with Gasteiger partial charge in [-0.1, -0.05) is 0 Å². The van der Waals surface area contributed by atoms with Crippen LogP contribution < -0.4 is 15.5 Å². The number of nitrogens with one attached hydrogen (secondary N) is 2. The Bertz CT molecular complexity index is 514. The summed E-state index contributed by atoms with van der Waals surface area (Å²) in [5.74, 6) is -0.252. The highest BCUT2D eigenvalue weighted by molar-refractivity contribution is 5.92. The summed E-state index contributed by atoms with van der Waals surface area (Å²) in [6.07, 6.45) is 0. The van der Waals surface area contributed by atoms with Crippen LogP contribution in [0.2, 0.25) is 0 Å². The van der Waals surface area contributed by atoms with E-state index in [2.05, 4.69) is 36.3 Å². The van der Waals surface area contributed by atoms with Gasteiger partial charge in [-0.25, -0.2) is 0 Å². The number of rotatable bonds is 8. The van der Waals surface area contributed by atoms with Crippen LogP contribution in [-0.2, 0) is 9.59 Å². The van der Waals surface area contributed by atoms with E-state index in [0.29, 0.717) is 6.04 Å². The summed E-state index contributed by atoms with van der Waals surface area (Å²) in [4.78, 5) is 27.2. The Morgan fingerprint density at radius 1 is 1.09 bits per heavy atom. The first kappa shape index (κ1) is 19.0. The van der Waals surface area contributed by atoms with Gasteiger partial charge in [0.2, 0.25) is 11.8 Å². The molecule has 0 unspecified atom stereocenters. The molecule has 0 heterocycles. The number of carbonyl (C=O) groups is 2. The molecule has 0 aromatic heterocycles. The molecule has 2 N–H and O–H groups in total. The summed E-state index contributed by atoms with van der Waals surface area (Å²) in [6, 6.07) is 8.24. The second kappa shape index (κ2) is 9.15. The lowest BCUT2D eigenvalue weighted by Gasteiger charge is -2.27. The molecule has 23 heavy (non-hydrogen) atoms. The normalized spacial score (nSPS) is 10.7. The first-order chi connectivity index (χ1) is 10.9. The summed E-state index contributed by atoms with van der Waals surface area (Å²) in [6.45, 7) is 7.74. The van der Waals surface area contributed by atoms with Crippen LogP contribution in [-0.4, -0.2) is 56.5 Å². The van der Waals surface area contributed by atoms with Gasteiger partial charge in [-0.15, -0.1) is 0 Å². The summed E-state index contributed by atoms with van der Waals surface area (Å²) >= 11 is 0. The molecule has 0 bridgehead atoms. The Morgan fingerprint density at radius 2 is 1.65 bits per heavy atom. The maximum atomic E-state index is 12.0. The standard InChI is InChI=1S/C17H28N4O2/c1-6-21(13(2)3)15-9-7-14(8-10-15)19-17(23)12-20(5)11-16(22)18-4/h7-10,13H,6,11-12H2,1-5H3,(H,18,22)(H,19,23). The molecular weight excluding hydrogens is 292 g/mol. The van der Waals surface area contributed by atoms with Crippen molar-refractivity contribution in [3.63, 3.8) is 0 Å². The van der Waals surface area contributed by atoms with E-state index in [1.165, 1.54) is 0 Å². The molecule has 1 rings (SSSR count). The molecule has 0 spiro atoms. The smallest absolute Gasteiger partial charge is 0.238 e. The summed E-state index contributed by atoms with van der Waals surface area (Å²) in [5.41, 5.74) is 1.89. The fourth-order valence-corrected chi connectivity index (χ4v) is 2.41. The lowest BCUT2D eigenvalue weighted by molar-refractivity contribution is -0.122. The third-order valence-corrected chi connectivity index (χ3v) is 3.55. The fraction of sp³-hybridized carbons (Fsp3) is 0.529. The minimum atomic E-state index is -0.139. The Balaban J connectivity index is 2.57. The number of amides is 2. The van der Waals surface area contributed by atoms with Gasteiger partial charge < -0.3 is 15.5 Å². The van der Waals surface area contributed by atoms with Crippen LogP contribution in [0.3, 0.4) is 0 Å². The fourth-order valence-electron chi connectivity index (χ4n) is 2.41. The Labute approximate surface area is 138 Å². The van der Waals surface area contributed by atoms with Crippen molar-refractivity contribution >= 4 is 23.2 Å². The number of carbonyl (C=O) groups excluding carboxylic acids is 2. The molecule has 0 aliphatic carbocycles. The average Bonchev–Trinajstić information content (AvgIpc) is 2.48. The van der Waals surface area contributed by atoms with Crippen LogP contribution >= 0.6 is 0 Å². The quantitative estimate of drug-likeness (QED) is 0.762. The van der Waals surface area contributed by atoms with Gasteiger partial charge in [0.1, 0.15) is 0 Å². The summed E-state index contributed by atoms with van der Waals surface area (Å²) in [5, 5.41) is 5.38. The summed E-state index contributed by atoms with van der Waals surface area (Å²) in [7, 11) is 3.31. The van der Waals surface area contributed by atoms with Crippen molar-refractivity contribution in [2.45, 2.75) is 26.8 Å². The number of anilines is 2. The highest BCUT2D eigenvalue weighted by Gasteiger charge is 2.11. The van der Waals surface area contributed by atoms with Crippen molar-refractivity contribution in [3.8, 4) is 0 Å². The molecule has 0 saturated heterocycles. The van der Waals surface area contributed by atoms with Crippen molar-refractivity contribution < 1.29 is 9.59 Å². The number of hydrogen-bond donors (Lipinski definition) is 2. The van der Waals surface area contributed by atoms with Crippen LogP contribution in [0.5, 0.6) is 0 Å². The van der Waals surface area contributed by atoms with E-state index in [1.54, 1.807) is 19.0 Å². The third-order valence-electron chi connectivity index (χ3n) is 3.55. The van der Waals surface area contributed by atoms with Gasteiger partial charge in [0.15, 0.2) is 0 Å². The minimum Gasteiger partial charge on any atom is -0.369 e. The number of likely N-dealkylation sites (N-methyl/N-ethyl adjacent to an activating group) is 2. The zero-order chi connectivity index (χ0) is 17.4. The number of nitrogens with zero attached hydrogens (tertiary/aromatic N) is 2. The van der Waals surface area contributed by atoms with Crippen LogP contribution in [0.15, 0.2) is 24.3 Å². The largest absolute Gasteiger partial charge is 0.369 e. The molecule has 0 atom stereocenters. The first-order valence-corrected chi connectivity index (χ1v) is 7.93. The van der Waals surface area contributed by atoms with Crippen molar-refractivity contribution in [1.82, 2.24) is 10.2 Å². The molecule has 0 saturated carbocycles. The molecule has 0 aliphatic rings. The second-order valence-corrected chi connectivity index (χ2v) is 5.82. The van der Waals surface area contributed by atoms with Gasteiger partial charge in [0, 0.05) is 31.0 Å². The lowest BCUT2D eigenvalue weighted by Crippen LogP contribution is -2.37. The minimum absolute atomic E-state index is 0.113. The van der Waals surface area contributed by atoms with E-state index in [4.69, 9.17) is 0 Å². The Kier molecular flexibility index (Phi) is 7.54. The van der Waals surface area contributed by atoms with E-state index < -0.39 is 0 Å². The number of benzene rings is 1. The Hall–Kier alpha value is -2.08. The zero-order valence-electron chi connectivity index (χ0n) is 14.7. The van der Waals surface area contributed by atoms with E-state index in [-0.39, 0.29) is 24.9 Å². The first-order valence-electron chi connectivity index (χ1n) is 7.93. The predicted molar refractivity (Wildman–Crippen MR) is 94.8 cm³/mol. The molecule has 6 heteroatoms. The molecule has 6 nitrogen and oxygen atoms in total. The molecule has 0 aliphatic heterocycles. The van der Waals surface area contributed by atoms with Crippen LogP contribution in [0, 0.1) is 0 Å². The molecule has 1 aromatic rings. The predicted octanol–water partition coefficient (Wildman–Crippen LogP) is 1.54. The molecular formula is C17H28N4O2. The van der Waals surface area contributed by atoms with Gasteiger partial charge in [0.05, 0.1) is 13.1 Å². The van der Waals surface area contributed by atoms with Crippen LogP contribution in [0.1, 0.15) is 20.8 Å². The molecule has 1 aromatic carbocycles. The van der Waals surface area contributed by atoms with Gasteiger partial charge in [-0.3, -0.25) is 14.5 Å². The van der Waals surface area contributed by atoms with Gasteiger partial charge in [-0.2, -0.15) is 0 Å². The van der Waals surface area contributed by atoms with Crippen LogP contribution in [0.4, 0.5) is 11.4 Å². The highest BCUT2D eigenvalue weighted by atomic mass is 16.2. The van der Waals surface area contributed by atoms with Crippen LogP contribution in [0.25, 0.3) is 0 Å². The SMILES string of the molecule is CCN(c1ccc(NC(=O)CN(C)CC(=O)NC)cc1)C(C)C. The lowest BCUT2D eigenvalue weighted by atomic mass is 10.2. The van der Waals surface area contributed by atoms with Crippen molar-refractivity contribution in [3.05, 3.63) is 24.3 Å². The van der Waals surface area contributed by atoms with E-state index >= 15 is 0 Å². The number of hydrogen-bond acceptors (Lipinski definition) is 4. The molecule has 0 radical (unpaired) electrons. The summed E-state index contributed by atoms with van der Waals surface area (Å²) < 4.78 is 0. The van der Waals surface area contributed by atoms with Crippen molar-refractivity contribution in [2.75, 3.05) is 43.9 Å². The van der Waals surface area contributed by atoms with Gasteiger partial charge in [0.25, 0.3) is 0 Å². The maximum absolute atomic E-state index is 12.0. The monoisotopic (exact) mass is 320 g/mol. The van der Waals surface area contributed by atoms with Crippen molar-refractivity contribution in [1.29, 1.82) is 0 Å². The molecule has 2 amide bonds. The Morgan fingerprint density at radius 3 is 2.13 bits per heavy atom. The highest BCUT2D eigenvalue weighted by Crippen LogP contribution is 2.19. The molecule has 128 valence electrons. The van der Waals surface area contributed by atoms with E-state index in [0.717, 1.165) is 17.9 Å². The van der Waals surface area contributed by atoms with Gasteiger partial charge in [-0.05, 0) is 52.1 Å². The topological polar surface area (TPSA) is 64.7 Å². The van der Waals surface area contributed by atoms with Gasteiger partial charge >= 0.3 is 0 Å². The van der Waals surface area contributed by atoms with E-state index in [1.807, 2.05) is 24.3 Å². The van der Waals surface area contributed by atoms with Crippen molar-refractivity contribution in [2.24, 2.45) is 0 Å². The molecule has 0 fully saturated rings. The maximum Gasteiger partial charge on any atom is 0.238 e. The third kappa shape index (κ3) is 6.28. The zero-order valence-corrected chi connectivity index (χ0v) is 14.7. The van der Waals surface area contributed by atoms with E-state index in [9.17, 15) is 9.59 Å². The second-order valence-electron chi connectivity index (χ2n) is 5.82. The average molecular weight is 320 g/mol.